The van der Waals surface area contributed by atoms with Gasteiger partial charge >= 0.3 is 5.97 Å². The van der Waals surface area contributed by atoms with Crippen LogP contribution in [0.3, 0.4) is 0 Å². The second-order valence-electron chi connectivity index (χ2n) is 4.19. The van der Waals surface area contributed by atoms with E-state index in [9.17, 15) is 4.79 Å². The van der Waals surface area contributed by atoms with Gasteiger partial charge in [-0.15, -0.1) is 0 Å². The number of rotatable bonds is 3. The van der Waals surface area contributed by atoms with E-state index in [1.807, 2.05) is 43.3 Å². The molecule has 0 saturated carbocycles. The van der Waals surface area contributed by atoms with Crippen molar-refractivity contribution in [3.05, 3.63) is 42.0 Å². The van der Waals surface area contributed by atoms with Crippen molar-refractivity contribution in [2.75, 3.05) is 7.11 Å². The minimum atomic E-state index is -0.276. The monoisotopic (exact) mass is 244 g/mol. The molecule has 2 rings (SSSR count). The number of fused-ring (bicyclic) bond motifs is 1. The molecule has 1 unspecified atom stereocenters. The number of ether oxygens (including phenoxy) is 2. The summed E-state index contributed by atoms with van der Waals surface area (Å²) in [5, 5.41) is 2.15. The van der Waals surface area contributed by atoms with Crippen molar-refractivity contribution in [1.82, 2.24) is 0 Å². The molecule has 0 aliphatic rings. The van der Waals surface area contributed by atoms with Crippen molar-refractivity contribution in [2.45, 2.75) is 20.0 Å². The molecule has 0 spiro atoms. The first-order valence-electron chi connectivity index (χ1n) is 5.85. The van der Waals surface area contributed by atoms with Crippen molar-refractivity contribution in [3.8, 4) is 5.75 Å². The average Bonchev–Trinajstić information content (AvgIpc) is 2.36. The summed E-state index contributed by atoms with van der Waals surface area (Å²) in [4.78, 5) is 11.0. The van der Waals surface area contributed by atoms with Gasteiger partial charge in [-0.05, 0) is 29.8 Å². The number of benzene rings is 2. The predicted molar refractivity (Wildman–Crippen MR) is 70.7 cm³/mol. The normalized spacial score (nSPS) is 12.2. The maximum Gasteiger partial charge on any atom is 0.303 e. The first-order chi connectivity index (χ1) is 8.61. The van der Waals surface area contributed by atoms with E-state index in [0.717, 1.165) is 22.1 Å². The first kappa shape index (κ1) is 12.4. The molecule has 94 valence electrons. The molecule has 0 amide bonds. The molecule has 2 aromatic carbocycles. The van der Waals surface area contributed by atoms with Crippen molar-refractivity contribution in [2.24, 2.45) is 0 Å². The summed E-state index contributed by atoms with van der Waals surface area (Å²) in [7, 11) is 1.64. The first-order valence-corrected chi connectivity index (χ1v) is 5.85. The van der Waals surface area contributed by atoms with E-state index >= 15 is 0 Å². The molecule has 0 aliphatic heterocycles. The van der Waals surface area contributed by atoms with Crippen LogP contribution in [-0.2, 0) is 9.53 Å². The Morgan fingerprint density at radius 2 is 2.00 bits per heavy atom. The lowest BCUT2D eigenvalue weighted by molar-refractivity contribution is -0.145. The van der Waals surface area contributed by atoms with Gasteiger partial charge in [-0.25, -0.2) is 0 Å². The largest absolute Gasteiger partial charge is 0.497 e. The van der Waals surface area contributed by atoms with Crippen LogP contribution < -0.4 is 4.74 Å². The zero-order chi connectivity index (χ0) is 13.1. The number of carbonyl (C=O) groups excluding carboxylic acids is 1. The fourth-order valence-electron chi connectivity index (χ4n) is 2.07. The molecule has 0 aromatic heterocycles. The lowest BCUT2D eigenvalue weighted by Crippen LogP contribution is -2.05. The Morgan fingerprint density at radius 3 is 2.67 bits per heavy atom. The topological polar surface area (TPSA) is 35.5 Å². The molecule has 0 radical (unpaired) electrons. The Kier molecular flexibility index (Phi) is 3.51. The van der Waals surface area contributed by atoms with E-state index in [1.54, 1.807) is 7.11 Å². The third kappa shape index (κ3) is 2.45. The zero-order valence-corrected chi connectivity index (χ0v) is 10.8. The summed E-state index contributed by atoms with van der Waals surface area (Å²) in [5.41, 5.74) is 0.988. The molecule has 0 saturated heterocycles. The molecule has 2 aromatic rings. The summed E-state index contributed by atoms with van der Waals surface area (Å²) in [6.07, 6.45) is -0.265. The molecule has 3 heteroatoms. The van der Waals surface area contributed by atoms with Crippen LogP contribution in [0, 0.1) is 0 Å². The molecule has 18 heavy (non-hydrogen) atoms. The maximum atomic E-state index is 11.0. The van der Waals surface area contributed by atoms with Crippen molar-refractivity contribution < 1.29 is 14.3 Å². The van der Waals surface area contributed by atoms with Crippen molar-refractivity contribution in [3.63, 3.8) is 0 Å². The highest BCUT2D eigenvalue weighted by atomic mass is 16.5. The zero-order valence-electron chi connectivity index (χ0n) is 10.8. The maximum absolute atomic E-state index is 11.0. The third-order valence-corrected chi connectivity index (χ3v) is 2.90. The smallest absolute Gasteiger partial charge is 0.303 e. The lowest BCUT2D eigenvalue weighted by Gasteiger charge is -2.15. The quantitative estimate of drug-likeness (QED) is 0.775. The average molecular weight is 244 g/mol. The standard InChI is InChI=1S/C15H16O3/c1-10(18-11(2)16)14-6-4-5-12-7-8-13(17-3)9-15(12)14/h4-10H,1-3H3. The van der Waals surface area contributed by atoms with Crippen LogP contribution >= 0.6 is 0 Å². The van der Waals surface area contributed by atoms with Gasteiger partial charge in [0.1, 0.15) is 11.9 Å². The molecule has 0 aliphatic carbocycles. The molecule has 0 fully saturated rings. The molecule has 0 N–H and O–H groups in total. The number of hydrogen-bond acceptors (Lipinski definition) is 3. The van der Waals surface area contributed by atoms with Gasteiger partial charge in [0.25, 0.3) is 0 Å². The Bertz CT molecular complexity index is 575. The van der Waals surface area contributed by atoms with E-state index in [0.29, 0.717) is 0 Å². The number of methoxy groups -OCH3 is 1. The van der Waals surface area contributed by atoms with Crippen LogP contribution in [0.25, 0.3) is 10.8 Å². The minimum Gasteiger partial charge on any atom is -0.497 e. The lowest BCUT2D eigenvalue weighted by atomic mass is 10.0. The summed E-state index contributed by atoms with van der Waals surface area (Å²) >= 11 is 0. The Balaban J connectivity index is 2.52. The summed E-state index contributed by atoms with van der Waals surface area (Å²) in [6.45, 7) is 3.29. The van der Waals surface area contributed by atoms with E-state index in [2.05, 4.69) is 0 Å². The van der Waals surface area contributed by atoms with Crippen molar-refractivity contribution in [1.29, 1.82) is 0 Å². The van der Waals surface area contributed by atoms with E-state index in [1.165, 1.54) is 6.92 Å². The molecular formula is C15H16O3. The summed E-state index contributed by atoms with van der Waals surface area (Å²) in [5.74, 6) is 0.521. The van der Waals surface area contributed by atoms with Gasteiger partial charge in [-0.1, -0.05) is 24.3 Å². The second kappa shape index (κ2) is 5.08. The van der Waals surface area contributed by atoms with Crippen LogP contribution in [0.15, 0.2) is 36.4 Å². The highest BCUT2D eigenvalue weighted by Gasteiger charge is 2.12. The predicted octanol–water partition coefficient (Wildman–Crippen LogP) is 3.47. The molecule has 0 heterocycles. The molecule has 1 atom stereocenters. The molecular weight excluding hydrogens is 228 g/mol. The van der Waals surface area contributed by atoms with Gasteiger partial charge in [0.05, 0.1) is 7.11 Å². The Labute approximate surface area is 106 Å². The second-order valence-corrected chi connectivity index (χ2v) is 4.19. The number of carbonyl (C=O) groups is 1. The van der Waals surface area contributed by atoms with Gasteiger partial charge in [-0.3, -0.25) is 4.79 Å². The third-order valence-electron chi connectivity index (χ3n) is 2.90. The number of hydrogen-bond donors (Lipinski definition) is 0. The highest BCUT2D eigenvalue weighted by Crippen LogP contribution is 2.29. The molecule has 3 nitrogen and oxygen atoms in total. The van der Waals surface area contributed by atoms with Gasteiger partial charge < -0.3 is 9.47 Å². The minimum absolute atomic E-state index is 0.265. The fourth-order valence-corrected chi connectivity index (χ4v) is 2.07. The van der Waals surface area contributed by atoms with Gasteiger partial charge in [0.15, 0.2) is 0 Å². The van der Waals surface area contributed by atoms with E-state index in [4.69, 9.17) is 9.47 Å². The van der Waals surface area contributed by atoms with Crippen LogP contribution in [0.4, 0.5) is 0 Å². The van der Waals surface area contributed by atoms with Crippen molar-refractivity contribution >= 4 is 16.7 Å². The SMILES string of the molecule is COc1ccc2cccc(C(C)OC(C)=O)c2c1. The summed E-state index contributed by atoms with van der Waals surface area (Å²) < 4.78 is 10.5. The molecule has 0 bridgehead atoms. The summed E-state index contributed by atoms with van der Waals surface area (Å²) in [6, 6.07) is 11.8. The van der Waals surface area contributed by atoms with E-state index in [-0.39, 0.29) is 12.1 Å². The van der Waals surface area contributed by atoms with Crippen LogP contribution in [0.2, 0.25) is 0 Å². The van der Waals surface area contributed by atoms with Gasteiger partial charge in [-0.2, -0.15) is 0 Å². The Hall–Kier alpha value is -2.03. The van der Waals surface area contributed by atoms with Crippen LogP contribution in [0.1, 0.15) is 25.5 Å². The highest BCUT2D eigenvalue weighted by molar-refractivity contribution is 5.87. The number of esters is 1. The van der Waals surface area contributed by atoms with Crippen LogP contribution in [0.5, 0.6) is 5.75 Å². The fraction of sp³-hybridized carbons (Fsp3) is 0.267. The van der Waals surface area contributed by atoms with Crippen LogP contribution in [-0.4, -0.2) is 13.1 Å². The van der Waals surface area contributed by atoms with Gasteiger partial charge in [0.2, 0.25) is 0 Å². The Morgan fingerprint density at radius 1 is 1.22 bits per heavy atom. The van der Waals surface area contributed by atoms with Gasteiger partial charge in [0, 0.05) is 12.5 Å². The van der Waals surface area contributed by atoms with E-state index < -0.39 is 0 Å².